The Labute approximate surface area is 97.9 Å². The molecule has 0 saturated heterocycles. The highest BCUT2D eigenvalue weighted by molar-refractivity contribution is 5.96. The molecule has 0 saturated carbocycles. The first-order valence-electron chi connectivity index (χ1n) is 5.05. The summed E-state index contributed by atoms with van der Waals surface area (Å²) in [6, 6.07) is 1.48. The van der Waals surface area contributed by atoms with Crippen molar-refractivity contribution < 1.29 is 9.90 Å². The van der Waals surface area contributed by atoms with Gasteiger partial charge in [0.05, 0.1) is 18.3 Å². The molecule has 1 amide bonds. The molecule has 17 heavy (non-hydrogen) atoms. The molecule has 2 aromatic heterocycles. The van der Waals surface area contributed by atoms with E-state index < -0.39 is 0 Å². The average molecular weight is 232 g/mol. The van der Waals surface area contributed by atoms with Gasteiger partial charge >= 0.3 is 0 Å². The lowest BCUT2D eigenvalue weighted by Gasteiger charge is -2.16. The normalized spacial score (nSPS) is 10.2. The third kappa shape index (κ3) is 2.41. The second-order valence-corrected chi connectivity index (χ2v) is 3.59. The van der Waals surface area contributed by atoms with Crippen LogP contribution in [0.5, 0.6) is 5.75 Å². The van der Waals surface area contributed by atoms with Crippen molar-refractivity contribution in [2.45, 2.75) is 6.54 Å². The molecule has 6 nitrogen and oxygen atoms in total. The molecule has 0 atom stereocenters. The summed E-state index contributed by atoms with van der Waals surface area (Å²) in [5, 5.41) is 9.52. The molecular formula is C11H12N4O2. The molecule has 2 heterocycles. The number of hydrogen-bond acceptors (Lipinski definition) is 4. The molecule has 0 fully saturated rings. The van der Waals surface area contributed by atoms with Crippen molar-refractivity contribution in [1.82, 2.24) is 19.9 Å². The molecule has 2 N–H and O–H groups in total. The van der Waals surface area contributed by atoms with E-state index in [0.29, 0.717) is 12.4 Å². The van der Waals surface area contributed by atoms with Crippen LogP contribution in [0.1, 0.15) is 16.2 Å². The number of rotatable bonds is 3. The number of amides is 1. The topological polar surface area (TPSA) is 82.1 Å². The Morgan fingerprint density at radius 3 is 3.00 bits per heavy atom. The summed E-state index contributed by atoms with van der Waals surface area (Å²) in [5.41, 5.74) is 0.231. The second kappa shape index (κ2) is 4.65. The van der Waals surface area contributed by atoms with Gasteiger partial charge in [-0.15, -0.1) is 0 Å². The van der Waals surface area contributed by atoms with Gasteiger partial charge in [0.15, 0.2) is 0 Å². The summed E-state index contributed by atoms with van der Waals surface area (Å²) in [5.74, 6) is 0.291. The van der Waals surface area contributed by atoms with Crippen LogP contribution in [-0.2, 0) is 6.54 Å². The number of aromatic nitrogens is 3. The van der Waals surface area contributed by atoms with Gasteiger partial charge in [-0.3, -0.25) is 9.78 Å². The summed E-state index contributed by atoms with van der Waals surface area (Å²) < 4.78 is 0. The molecule has 2 rings (SSSR count). The number of imidazole rings is 1. The van der Waals surface area contributed by atoms with Crippen LogP contribution in [0.15, 0.2) is 30.9 Å². The van der Waals surface area contributed by atoms with E-state index in [0.717, 1.165) is 0 Å². The fourth-order valence-electron chi connectivity index (χ4n) is 1.45. The van der Waals surface area contributed by atoms with Gasteiger partial charge in [0, 0.05) is 25.6 Å². The third-order valence-corrected chi connectivity index (χ3v) is 2.32. The Morgan fingerprint density at radius 2 is 2.35 bits per heavy atom. The quantitative estimate of drug-likeness (QED) is 0.819. The van der Waals surface area contributed by atoms with Crippen LogP contribution in [0.2, 0.25) is 0 Å². The predicted octanol–water partition coefficient (Wildman–Crippen LogP) is 0.782. The SMILES string of the molecule is CN(Cc1ncc[nH]1)C(=O)c1ccncc1O. The zero-order chi connectivity index (χ0) is 12.3. The van der Waals surface area contributed by atoms with Crippen molar-refractivity contribution in [3.63, 3.8) is 0 Å². The molecule has 88 valence electrons. The van der Waals surface area contributed by atoms with E-state index in [2.05, 4.69) is 15.0 Å². The Hall–Kier alpha value is -2.37. The number of nitrogens with one attached hydrogen (secondary N) is 1. The van der Waals surface area contributed by atoms with E-state index in [1.807, 2.05) is 0 Å². The minimum absolute atomic E-state index is 0.121. The molecule has 0 unspecified atom stereocenters. The molecule has 0 aliphatic heterocycles. The van der Waals surface area contributed by atoms with E-state index in [1.165, 1.54) is 23.4 Å². The minimum atomic E-state index is -0.277. The Kier molecular flexibility index (Phi) is 3.04. The molecule has 6 heteroatoms. The van der Waals surface area contributed by atoms with Crippen LogP contribution >= 0.6 is 0 Å². The molecular weight excluding hydrogens is 220 g/mol. The van der Waals surface area contributed by atoms with E-state index >= 15 is 0 Å². The first-order valence-corrected chi connectivity index (χ1v) is 5.05. The number of aromatic hydroxyl groups is 1. The highest BCUT2D eigenvalue weighted by Gasteiger charge is 2.16. The lowest BCUT2D eigenvalue weighted by atomic mass is 10.2. The van der Waals surface area contributed by atoms with E-state index in [-0.39, 0.29) is 17.2 Å². The lowest BCUT2D eigenvalue weighted by Crippen LogP contribution is -2.26. The monoisotopic (exact) mass is 232 g/mol. The van der Waals surface area contributed by atoms with Crippen molar-refractivity contribution in [3.05, 3.63) is 42.2 Å². The Bertz CT molecular complexity index is 510. The third-order valence-electron chi connectivity index (χ3n) is 2.32. The molecule has 0 spiro atoms. The van der Waals surface area contributed by atoms with E-state index in [1.54, 1.807) is 19.4 Å². The average Bonchev–Trinajstić information content (AvgIpc) is 2.81. The number of hydrogen-bond donors (Lipinski definition) is 2. The van der Waals surface area contributed by atoms with Crippen molar-refractivity contribution >= 4 is 5.91 Å². The molecule has 0 aliphatic rings. The van der Waals surface area contributed by atoms with Crippen LogP contribution in [-0.4, -0.2) is 37.9 Å². The zero-order valence-corrected chi connectivity index (χ0v) is 9.29. The molecule has 0 radical (unpaired) electrons. The fraction of sp³-hybridized carbons (Fsp3) is 0.182. The predicted molar refractivity (Wildman–Crippen MR) is 60.3 cm³/mol. The lowest BCUT2D eigenvalue weighted by molar-refractivity contribution is 0.0778. The maximum Gasteiger partial charge on any atom is 0.257 e. The number of aromatic amines is 1. The fourth-order valence-corrected chi connectivity index (χ4v) is 1.45. The largest absolute Gasteiger partial charge is 0.505 e. The Morgan fingerprint density at radius 1 is 1.53 bits per heavy atom. The molecule has 0 bridgehead atoms. The number of H-pyrrole nitrogens is 1. The van der Waals surface area contributed by atoms with Gasteiger partial charge in [-0.2, -0.15) is 0 Å². The second-order valence-electron chi connectivity index (χ2n) is 3.59. The van der Waals surface area contributed by atoms with Crippen molar-refractivity contribution in [3.8, 4) is 5.75 Å². The van der Waals surface area contributed by atoms with Gasteiger partial charge in [-0.1, -0.05) is 0 Å². The summed E-state index contributed by atoms with van der Waals surface area (Å²) in [7, 11) is 1.64. The Balaban J connectivity index is 2.13. The number of pyridine rings is 1. The minimum Gasteiger partial charge on any atom is -0.505 e. The van der Waals surface area contributed by atoms with Crippen molar-refractivity contribution in [1.29, 1.82) is 0 Å². The number of carbonyl (C=O) groups is 1. The molecule has 2 aromatic rings. The zero-order valence-electron chi connectivity index (χ0n) is 9.29. The van der Waals surface area contributed by atoms with Crippen LogP contribution in [0.25, 0.3) is 0 Å². The van der Waals surface area contributed by atoms with Gasteiger partial charge in [-0.25, -0.2) is 4.98 Å². The highest BCUT2D eigenvalue weighted by Crippen LogP contribution is 2.16. The summed E-state index contributed by atoms with van der Waals surface area (Å²) in [4.78, 5) is 24.1. The van der Waals surface area contributed by atoms with E-state index in [4.69, 9.17) is 0 Å². The summed E-state index contributed by atoms with van der Waals surface area (Å²) in [6.07, 6.45) is 6.02. The van der Waals surface area contributed by atoms with Gasteiger partial charge in [0.2, 0.25) is 0 Å². The van der Waals surface area contributed by atoms with Crippen LogP contribution in [0.3, 0.4) is 0 Å². The van der Waals surface area contributed by atoms with Gasteiger partial charge in [0.1, 0.15) is 11.6 Å². The van der Waals surface area contributed by atoms with Gasteiger partial charge < -0.3 is 15.0 Å². The number of nitrogens with zero attached hydrogens (tertiary/aromatic N) is 3. The molecule has 0 aromatic carbocycles. The molecule has 0 aliphatic carbocycles. The van der Waals surface area contributed by atoms with Crippen molar-refractivity contribution in [2.75, 3.05) is 7.05 Å². The van der Waals surface area contributed by atoms with Gasteiger partial charge in [-0.05, 0) is 6.07 Å². The van der Waals surface area contributed by atoms with E-state index in [9.17, 15) is 9.90 Å². The smallest absolute Gasteiger partial charge is 0.257 e. The van der Waals surface area contributed by atoms with Crippen molar-refractivity contribution in [2.24, 2.45) is 0 Å². The first kappa shape index (κ1) is 11.1. The summed E-state index contributed by atoms with van der Waals surface area (Å²) in [6.45, 7) is 0.355. The standard InChI is InChI=1S/C11H12N4O2/c1-15(7-10-13-4-5-14-10)11(17)8-2-3-12-6-9(8)16/h2-6,16H,7H2,1H3,(H,13,14). The van der Waals surface area contributed by atoms with Crippen LogP contribution in [0.4, 0.5) is 0 Å². The van der Waals surface area contributed by atoms with Crippen LogP contribution < -0.4 is 0 Å². The van der Waals surface area contributed by atoms with Gasteiger partial charge in [0.25, 0.3) is 5.91 Å². The number of carbonyl (C=O) groups excluding carboxylic acids is 1. The van der Waals surface area contributed by atoms with Crippen LogP contribution in [0, 0.1) is 0 Å². The summed E-state index contributed by atoms with van der Waals surface area (Å²) >= 11 is 0. The first-order chi connectivity index (χ1) is 8.18. The maximum absolute atomic E-state index is 12.0. The highest BCUT2D eigenvalue weighted by atomic mass is 16.3. The maximum atomic E-state index is 12.0.